The Balaban J connectivity index is 1.50. The molecule has 0 spiro atoms. The Kier molecular flexibility index (Phi) is 6.03. The van der Waals surface area contributed by atoms with E-state index in [1.807, 2.05) is 30.3 Å². The zero-order chi connectivity index (χ0) is 20.9. The third kappa shape index (κ3) is 4.82. The lowest BCUT2D eigenvalue weighted by molar-refractivity contribution is -0.121. The van der Waals surface area contributed by atoms with Crippen molar-refractivity contribution in [2.75, 3.05) is 11.5 Å². The second kappa shape index (κ2) is 9.04. The predicted octanol–water partition coefficient (Wildman–Crippen LogP) is 4.78. The van der Waals surface area contributed by atoms with Crippen LogP contribution in [0.2, 0.25) is 0 Å². The van der Waals surface area contributed by atoms with Gasteiger partial charge in [0.25, 0.3) is 0 Å². The first-order chi connectivity index (χ1) is 14.6. The SMILES string of the molecule is Cc1ccc(CN2c3ccc(C)cc3OC[C@@H]2CC(=O)NCc2ccccc2)cc1. The standard InChI is InChI=1S/C26H28N2O2/c1-19-8-11-22(12-9-19)17-28-23(18-30-25-14-20(2)10-13-24(25)28)15-26(29)27-16-21-6-4-3-5-7-21/h3-14,23H,15-18H2,1-2H3,(H,27,29)/t23-/m0/s1. The lowest BCUT2D eigenvalue weighted by Gasteiger charge is -2.38. The number of benzene rings is 3. The Labute approximate surface area is 178 Å². The van der Waals surface area contributed by atoms with E-state index in [-0.39, 0.29) is 11.9 Å². The van der Waals surface area contributed by atoms with Crippen molar-refractivity contribution in [3.63, 3.8) is 0 Å². The van der Waals surface area contributed by atoms with Crippen LogP contribution < -0.4 is 15.0 Å². The molecule has 0 unspecified atom stereocenters. The first kappa shape index (κ1) is 20.0. The number of anilines is 1. The summed E-state index contributed by atoms with van der Waals surface area (Å²) in [7, 11) is 0. The molecule has 0 saturated heterocycles. The Morgan fingerprint density at radius 1 is 0.967 bits per heavy atom. The van der Waals surface area contributed by atoms with Crippen LogP contribution in [0.1, 0.15) is 28.7 Å². The number of fused-ring (bicyclic) bond motifs is 1. The summed E-state index contributed by atoms with van der Waals surface area (Å²) in [5.74, 6) is 0.931. The monoisotopic (exact) mass is 400 g/mol. The molecule has 1 aliphatic rings. The van der Waals surface area contributed by atoms with Crippen molar-refractivity contribution in [1.82, 2.24) is 5.32 Å². The fourth-order valence-corrected chi connectivity index (χ4v) is 3.80. The molecule has 3 aromatic carbocycles. The lowest BCUT2D eigenvalue weighted by Crippen LogP contribution is -2.45. The van der Waals surface area contributed by atoms with E-state index in [4.69, 9.17) is 4.74 Å². The average Bonchev–Trinajstić information content (AvgIpc) is 2.76. The van der Waals surface area contributed by atoms with Gasteiger partial charge in [0.05, 0.1) is 18.2 Å². The Morgan fingerprint density at radius 2 is 1.70 bits per heavy atom. The molecule has 1 amide bonds. The van der Waals surface area contributed by atoms with E-state index in [0.29, 0.717) is 19.6 Å². The lowest BCUT2D eigenvalue weighted by atomic mass is 10.0. The normalized spacial score (nSPS) is 15.3. The van der Waals surface area contributed by atoms with Gasteiger partial charge >= 0.3 is 0 Å². The molecule has 3 aromatic rings. The quantitative estimate of drug-likeness (QED) is 0.648. The van der Waals surface area contributed by atoms with E-state index in [9.17, 15) is 4.79 Å². The molecule has 0 aromatic heterocycles. The summed E-state index contributed by atoms with van der Waals surface area (Å²) >= 11 is 0. The average molecular weight is 401 g/mol. The van der Waals surface area contributed by atoms with Gasteiger partial charge < -0.3 is 15.0 Å². The summed E-state index contributed by atoms with van der Waals surface area (Å²) in [6, 6.07) is 24.8. The molecule has 1 heterocycles. The predicted molar refractivity (Wildman–Crippen MR) is 121 cm³/mol. The number of carbonyl (C=O) groups excluding carboxylic acids is 1. The molecule has 154 valence electrons. The fourth-order valence-electron chi connectivity index (χ4n) is 3.80. The minimum Gasteiger partial charge on any atom is -0.489 e. The Morgan fingerprint density at radius 3 is 2.47 bits per heavy atom. The minimum absolute atomic E-state index is 0.0164. The molecule has 30 heavy (non-hydrogen) atoms. The summed E-state index contributed by atoms with van der Waals surface area (Å²) in [4.78, 5) is 15.0. The van der Waals surface area contributed by atoms with Gasteiger partial charge in [0.1, 0.15) is 12.4 Å². The van der Waals surface area contributed by atoms with Crippen molar-refractivity contribution in [2.45, 2.75) is 39.4 Å². The molecule has 0 bridgehead atoms. The number of rotatable bonds is 6. The molecule has 4 rings (SSSR count). The van der Waals surface area contributed by atoms with E-state index in [0.717, 1.165) is 23.5 Å². The van der Waals surface area contributed by atoms with Gasteiger partial charge in [-0.05, 0) is 42.7 Å². The molecule has 0 fully saturated rings. The first-order valence-electron chi connectivity index (χ1n) is 10.4. The smallest absolute Gasteiger partial charge is 0.222 e. The van der Waals surface area contributed by atoms with Crippen molar-refractivity contribution < 1.29 is 9.53 Å². The Bertz CT molecular complexity index is 999. The summed E-state index contributed by atoms with van der Waals surface area (Å²) in [6.45, 7) is 5.95. The second-order valence-electron chi connectivity index (χ2n) is 8.02. The minimum atomic E-state index is -0.0164. The van der Waals surface area contributed by atoms with Crippen LogP contribution in [-0.2, 0) is 17.9 Å². The van der Waals surface area contributed by atoms with Crippen molar-refractivity contribution in [3.8, 4) is 5.75 Å². The number of nitrogens with one attached hydrogen (secondary N) is 1. The van der Waals surface area contributed by atoms with E-state index < -0.39 is 0 Å². The van der Waals surface area contributed by atoms with Crippen LogP contribution in [-0.4, -0.2) is 18.6 Å². The van der Waals surface area contributed by atoms with E-state index in [1.165, 1.54) is 16.7 Å². The van der Waals surface area contributed by atoms with E-state index in [2.05, 4.69) is 66.5 Å². The highest BCUT2D eigenvalue weighted by molar-refractivity contribution is 5.77. The highest BCUT2D eigenvalue weighted by Crippen LogP contribution is 2.36. The number of hydrogen-bond donors (Lipinski definition) is 1. The highest BCUT2D eigenvalue weighted by Gasteiger charge is 2.29. The van der Waals surface area contributed by atoms with Gasteiger partial charge in [-0.1, -0.05) is 66.2 Å². The number of amides is 1. The van der Waals surface area contributed by atoms with E-state index >= 15 is 0 Å². The molecule has 4 nitrogen and oxygen atoms in total. The maximum Gasteiger partial charge on any atom is 0.222 e. The van der Waals surface area contributed by atoms with Crippen molar-refractivity contribution >= 4 is 11.6 Å². The zero-order valence-corrected chi connectivity index (χ0v) is 17.6. The summed E-state index contributed by atoms with van der Waals surface area (Å²) in [6.07, 6.45) is 0.395. The van der Waals surface area contributed by atoms with Gasteiger partial charge in [-0.2, -0.15) is 0 Å². The van der Waals surface area contributed by atoms with Crippen LogP contribution in [0.25, 0.3) is 0 Å². The summed E-state index contributed by atoms with van der Waals surface area (Å²) in [5.41, 5.74) is 5.79. The van der Waals surface area contributed by atoms with Crippen LogP contribution in [0.5, 0.6) is 5.75 Å². The van der Waals surface area contributed by atoms with Crippen LogP contribution in [0.4, 0.5) is 5.69 Å². The molecule has 0 radical (unpaired) electrons. The van der Waals surface area contributed by atoms with Gasteiger partial charge in [-0.15, -0.1) is 0 Å². The molecule has 4 heteroatoms. The molecule has 0 aliphatic carbocycles. The number of hydrogen-bond acceptors (Lipinski definition) is 3. The maximum atomic E-state index is 12.7. The van der Waals surface area contributed by atoms with Crippen LogP contribution in [0.3, 0.4) is 0 Å². The van der Waals surface area contributed by atoms with Crippen LogP contribution >= 0.6 is 0 Å². The third-order valence-corrected chi connectivity index (χ3v) is 5.52. The summed E-state index contributed by atoms with van der Waals surface area (Å²) in [5, 5.41) is 3.05. The number of carbonyl (C=O) groups is 1. The van der Waals surface area contributed by atoms with Crippen molar-refractivity contribution in [1.29, 1.82) is 0 Å². The number of ether oxygens (including phenoxy) is 1. The van der Waals surface area contributed by atoms with Gasteiger partial charge in [-0.3, -0.25) is 4.79 Å². The van der Waals surface area contributed by atoms with E-state index in [1.54, 1.807) is 0 Å². The van der Waals surface area contributed by atoms with Crippen molar-refractivity contribution in [3.05, 3.63) is 95.1 Å². The zero-order valence-electron chi connectivity index (χ0n) is 17.6. The highest BCUT2D eigenvalue weighted by atomic mass is 16.5. The van der Waals surface area contributed by atoms with Crippen molar-refractivity contribution in [2.24, 2.45) is 0 Å². The topological polar surface area (TPSA) is 41.6 Å². The molecule has 1 N–H and O–H groups in total. The summed E-state index contributed by atoms with van der Waals surface area (Å²) < 4.78 is 6.05. The Hall–Kier alpha value is -3.27. The van der Waals surface area contributed by atoms with Crippen LogP contribution in [0.15, 0.2) is 72.8 Å². The molecular formula is C26H28N2O2. The maximum absolute atomic E-state index is 12.7. The number of aryl methyl sites for hydroxylation is 2. The first-order valence-corrected chi connectivity index (χ1v) is 10.4. The van der Waals surface area contributed by atoms with Gasteiger partial charge in [-0.25, -0.2) is 0 Å². The van der Waals surface area contributed by atoms with Gasteiger partial charge in [0, 0.05) is 13.1 Å². The van der Waals surface area contributed by atoms with Gasteiger partial charge in [0.15, 0.2) is 0 Å². The molecular weight excluding hydrogens is 372 g/mol. The molecule has 1 aliphatic heterocycles. The number of nitrogens with zero attached hydrogens (tertiary/aromatic N) is 1. The third-order valence-electron chi connectivity index (χ3n) is 5.52. The molecule has 1 atom stereocenters. The fraction of sp³-hybridized carbons (Fsp3) is 0.269. The van der Waals surface area contributed by atoms with Gasteiger partial charge in [0.2, 0.25) is 5.91 Å². The van der Waals surface area contributed by atoms with Crippen LogP contribution in [0, 0.1) is 13.8 Å². The molecule has 0 saturated carbocycles. The largest absolute Gasteiger partial charge is 0.489 e. The second-order valence-corrected chi connectivity index (χ2v) is 8.02.